The first-order chi connectivity index (χ1) is 12.7. The molecule has 0 aromatic heterocycles. The maximum atomic E-state index is 12.7. The van der Waals surface area contributed by atoms with Crippen LogP contribution >= 0.6 is 0 Å². The molecule has 0 spiro atoms. The first kappa shape index (κ1) is 21.4. The summed E-state index contributed by atoms with van der Waals surface area (Å²) in [4.78, 5) is 23.4. The van der Waals surface area contributed by atoms with Crippen molar-refractivity contribution in [1.29, 1.82) is 0 Å². The van der Waals surface area contributed by atoms with Gasteiger partial charge in [-0.05, 0) is 49.4 Å². The molecule has 2 N–H and O–H groups in total. The van der Waals surface area contributed by atoms with E-state index in [1.54, 1.807) is 0 Å². The molecule has 0 aliphatic carbocycles. The van der Waals surface area contributed by atoms with Gasteiger partial charge < -0.3 is 10.4 Å². The van der Waals surface area contributed by atoms with Gasteiger partial charge in [-0.1, -0.05) is 20.8 Å². The van der Waals surface area contributed by atoms with E-state index in [0.717, 1.165) is 6.42 Å². The Hall–Kier alpha value is -1.93. The Bertz CT molecular complexity index is 766. The summed E-state index contributed by atoms with van der Waals surface area (Å²) in [7, 11) is -3.69. The molecular formula is C19H28N2O5S. The molecule has 0 radical (unpaired) electrons. The molecule has 1 aromatic carbocycles. The maximum absolute atomic E-state index is 12.7. The Morgan fingerprint density at radius 1 is 1.19 bits per heavy atom. The standard InChI is InChI=1S/C19H28N2O5S/c1-4-17(13(2)3)20-18(22)14-9-11-21(12-10-14)27(25,26)16-7-5-15(6-8-16)19(23)24/h5-8,13-14,17H,4,9-12H2,1-3H3,(H,20,22)(H,23,24). The summed E-state index contributed by atoms with van der Waals surface area (Å²) in [5, 5.41) is 12.0. The smallest absolute Gasteiger partial charge is 0.335 e. The average Bonchev–Trinajstić information content (AvgIpc) is 2.65. The quantitative estimate of drug-likeness (QED) is 0.736. The van der Waals surface area contributed by atoms with E-state index in [1.165, 1.54) is 28.6 Å². The van der Waals surface area contributed by atoms with Crippen molar-refractivity contribution < 1.29 is 23.1 Å². The Morgan fingerprint density at radius 3 is 2.19 bits per heavy atom. The summed E-state index contributed by atoms with van der Waals surface area (Å²) in [5.74, 6) is -0.928. The van der Waals surface area contributed by atoms with Crippen molar-refractivity contribution in [1.82, 2.24) is 9.62 Å². The third kappa shape index (κ3) is 5.07. The molecule has 1 heterocycles. The number of piperidine rings is 1. The van der Waals surface area contributed by atoms with E-state index in [4.69, 9.17) is 5.11 Å². The summed E-state index contributed by atoms with van der Waals surface area (Å²) in [6, 6.07) is 5.32. The van der Waals surface area contributed by atoms with Crippen molar-refractivity contribution in [3.05, 3.63) is 29.8 Å². The minimum atomic E-state index is -3.69. The number of carboxylic acid groups (broad SMARTS) is 1. The van der Waals surface area contributed by atoms with Crippen molar-refractivity contribution in [2.24, 2.45) is 11.8 Å². The highest BCUT2D eigenvalue weighted by molar-refractivity contribution is 7.89. The zero-order valence-corrected chi connectivity index (χ0v) is 16.8. The van der Waals surface area contributed by atoms with Gasteiger partial charge >= 0.3 is 5.97 Å². The molecule has 1 aromatic rings. The molecule has 27 heavy (non-hydrogen) atoms. The van der Waals surface area contributed by atoms with E-state index in [0.29, 0.717) is 18.8 Å². The van der Waals surface area contributed by atoms with Crippen molar-refractivity contribution in [3.8, 4) is 0 Å². The van der Waals surface area contributed by atoms with E-state index in [2.05, 4.69) is 19.2 Å². The number of amides is 1. The second-order valence-electron chi connectivity index (χ2n) is 7.28. The fraction of sp³-hybridized carbons (Fsp3) is 0.579. The summed E-state index contributed by atoms with van der Waals surface area (Å²) in [6.45, 7) is 6.73. The molecule has 1 saturated heterocycles. The monoisotopic (exact) mass is 396 g/mol. The van der Waals surface area contributed by atoms with Crippen LogP contribution in [0.4, 0.5) is 0 Å². The maximum Gasteiger partial charge on any atom is 0.335 e. The lowest BCUT2D eigenvalue weighted by atomic mass is 9.95. The van der Waals surface area contributed by atoms with Crippen molar-refractivity contribution in [2.45, 2.75) is 51.0 Å². The number of benzene rings is 1. The average molecular weight is 397 g/mol. The van der Waals surface area contributed by atoms with E-state index >= 15 is 0 Å². The van der Waals surface area contributed by atoms with Crippen LogP contribution in [0.2, 0.25) is 0 Å². The highest BCUT2D eigenvalue weighted by Crippen LogP contribution is 2.24. The molecule has 1 aliphatic rings. The second-order valence-corrected chi connectivity index (χ2v) is 9.21. The molecule has 0 saturated carbocycles. The van der Waals surface area contributed by atoms with Crippen LogP contribution in [0, 0.1) is 11.8 Å². The number of nitrogens with one attached hydrogen (secondary N) is 1. The van der Waals surface area contributed by atoms with Crippen LogP contribution in [-0.4, -0.2) is 48.8 Å². The Morgan fingerprint density at radius 2 is 1.74 bits per heavy atom. The lowest BCUT2D eigenvalue weighted by Crippen LogP contribution is -2.46. The zero-order valence-electron chi connectivity index (χ0n) is 16.0. The molecule has 0 bridgehead atoms. The predicted molar refractivity (Wildman–Crippen MR) is 102 cm³/mol. The van der Waals surface area contributed by atoms with E-state index in [1.807, 2.05) is 6.92 Å². The van der Waals surface area contributed by atoms with Crippen LogP contribution in [0.1, 0.15) is 50.4 Å². The summed E-state index contributed by atoms with van der Waals surface area (Å²) < 4.78 is 26.8. The third-order valence-corrected chi connectivity index (χ3v) is 7.05. The number of hydrogen-bond donors (Lipinski definition) is 2. The topological polar surface area (TPSA) is 104 Å². The van der Waals surface area contributed by atoms with Gasteiger partial charge in [-0.2, -0.15) is 4.31 Å². The Labute approximate surface area is 160 Å². The second kappa shape index (κ2) is 8.84. The van der Waals surface area contributed by atoms with Gasteiger partial charge in [0.2, 0.25) is 15.9 Å². The molecular weight excluding hydrogens is 368 g/mol. The van der Waals surface area contributed by atoms with E-state index < -0.39 is 16.0 Å². The number of nitrogens with zero attached hydrogens (tertiary/aromatic N) is 1. The normalized spacial score (nSPS) is 17.6. The van der Waals surface area contributed by atoms with Crippen molar-refractivity contribution in [3.63, 3.8) is 0 Å². The molecule has 1 fully saturated rings. The Kier molecular flexibility index (Phi) is 7.00. The summed E-state index contributed by atoms with van der Waals surface area (Å²) in [6.07, 6.45) is 1.82. The SMILES string of the molecule is CCC(NC(=O)C1CCN(S(=O)(=O)c2ccc(C(=O)O)cc2)CC1)C(C)C. The Balaban J connectivity index is 1.99. The summed E-state index contributed by atoms with van der Waals surface area (Å²) >= 11 is 0. The van der Waals surface area contributed by atoms with Crippen LogP contribution in [0.3, 0.4) is 0 Å². The van der Waals surface area contributed by atoms with Crippen LogP contribution in [0.15, 0.2) is 29.2 Å². The summed E-state index contributed by atoms with van der Waals surface area (Å²) in [5.41, 5.74) is 0.0416. The zero-order chi connectivity index (χ0) is 20.2. The van der Waals surface area contributed by atoms with E-state index in [9.17, 15) is 18.0 Å². The first-order valence-electron chi connectivity index (χ1n) is 9.30. The number of rotatable bonds is 7. The van der Waals surface area contributed by atoms with Crippen molar-refractivity contribution in [2.75, 3.05) is 13.1 Å². The fourth-order valence-electron chi connectivity index (χ4n) is 3.32. The molecule has 7 nitrogen and oxygen atoms in total. The number of hydrogen-bond acceptors (Lipinski definition) is 4. The number of carbonyl (C=O) groups is 2. The van der Waals surface area contributed by atoms with E-state index in [-0.39, 0.29) is 41.4 Å². The molecule has 1 unspecified atom stereocenters. The fourth-order valence-corrected chi connectivity index (χ4v) is 4.79. The van der Waals surface area contributed by atoms with Gasteiger partial charge in [0.15, 0.2) is 0 Å². The highest BCUT2D eigenvalue weighted by atomic mass is 32.2. The van der Waals surface area contributed by atoms with Gasteiger partial charge in [-0.15, -0.1) is 0 Å². The lowest BCUT2D eigenvalue weighted by Gasteiger charge is -2.32. The van der Waals surface area contributed by atoms with Crippen LogP contribution in [0.5, 0.6) is 0 Å². The number of carboxylic acids is 1. The molecule has 1 atom stereocenters. The molecule has 150 valence electrons. The third-order valence-electron chi connectivity index (χ3n) is 5.14. The minimum Gasteiger partial charge on any atom is -0.478 e. The van der Waals surface area contributed by atoms with Crippen LogP contribution in [-0.2, 0) is 14.8 Å². The van der Waals surface area contributed by atoms with Gasteiger partial charge in [0, 0.05) is 25.0 Å². The van der Waals surface area contributed by atoms with Crippen LogP contribution < -0.4 is 5.32 Å². The predicted octanol–water partition coefficient (Wildman–Crippen LogP) is 2.34. The van der Waals surface area contributed by atoms with Crippen LogP contribution in [0.25, 0.3) is 0 Å². The van der Waals surface area contributed by atoms with Gasteiger partial charge in [0.1, 0.15) is 0 Å². The molecule has 8 heteroatoms. The lowest BCUT2D eigenvalue weighted by molar-refractivity contribution is -0.127. The largest absolute Gasteiger partial charge is 0.478 e. The van der Waals surface area contributed by atoms with Crippen molar-refractivity contribution >= 4 is 21.9 Å². The van der Waals surface area contributed by atoms with Gasteiger partial charge in [-0.25, -0.2) is 13.2 Å². The first-order valence-corrected chi connectivity index (χ1v) is 10.7. The minimum absolute atomic E-state index is 0.00147. The number of carbonyl (C=O) groups excluding carboxylic acids is 1. The number of aromatic carboxylic acids is 1. The number of sulfonamides is 1. The highest BCUT2D eigenvalue weighted by Gasteiger charge is 2.32. The van der Waals surface area contributed by atoms with Gasteiger partial charge in [0.25, 0.3) is 0 Å². The molecule has 1 amide bonds. The van der Waals surface area contributed by atoms with Gasteiger partial charge in [0.05, 0.1) is 10.5 Å². The molecule has 2 rings (SSSR count). The van der Waals surface area contributed by atoms with Gasteiger partial charge in [-0.3, -0.25) is 4.79 Å². The molecule has 1 aliphatic heterocycles.